The van der Waals surface area contributed by atoms with E-state index in [-0.39, 0.29) is 4.47 Å². The molecule has 0 spiro atoms. The number of aryl methyl sites for hydroxylation is 1. The SMILES string of the molecule is O=S(=O)(N[C@@H]1CCCn2ncnc21)c1cc(Br)c(F)cc1F. The van der Waals surface area contributed by atoms with Crippen LogP contribution in [-0.2, 0) is 16.6 Å². The summed E-state index contributed by atoms with van der Waals surface area (Å²) in [5.41, 5.74) is 0. The standard InChI is InChI=1S/C12H11BrF2N4O2S/c13-7-4-11(9(15)5-8(7)14)22(20,21)18-10-2-1-3-19-12(10)16-6-17-19/h4-6,10,18H,1-3H2/t10-/m1/s1. The van der Waals surface area contributed by atoms with E-state index in [1.807, 2.05) is 0 Å². The first-order valence-corrected chi connectivity index (χ1v) is 8.70. The van der Waals surface area contributed by atoms with Crippen LogP contribution < -0.4 is 4.72 Å². The van der Waals surface area contributed by atoms with Crippen LogP contribution in [0.25, 0.3) is 0 Å². The van der Waals surface area contributed by atoms with E-state index in [4.69, 9.17) is 0 Å². The van der Waals surface area contributed by atoms with E-state index in [0.717, 1.165) is 12.5 Å². The lowest BCUT2D eigenvalue weighted by Gasteiger charge is -2.23. The van der Waals surface area contributed by atoms with Crippen LogP contribution in [-0.4, -0.2) is 23.2 Å². The lowest BCUT2D eigenvalue weighted by molar-refractivity contribution is 0.399. The summed E-state index contributed by atoms with van der Waals surface area (Å²) in [5.74, 6) is -1.53. The number of rotatable bonds is 3. The van der Waals surface area contributed by atoms with Crippen molar-refractivity contribution in [3.05, 3.63) is 40.4 Å². The molecule has 22 heavy (non-hydrogen) atoms. The molecule has 0 unspecified atom stereocenters. The zero-order valence-electron chi connectivity index (χ0n) is 11.1. The first kappa shape index (κ1) is 15.5. The van der Waals surface area contributed by atoms with Gasteiger partial charge in [0.2, 0.25) is 10.0 Å². The first-order valence-electron chi connectivity index (χ1n) is 6.43. The van der Waals surface area contributed by atoms with E-state index >= 15 is 0 Å². The van der Waals surface area contributed by atoms with E-state index in [9.17, 15) is 17.2 Å². The molecule has 0 bridgehead atoms. The zero-order valence-corrected chi connectivity index (χ0v) is 13.5. The number of halogens is 3. The van der Waals surface area contributed by atoms with Gasteiger partial charge < -0.3 is 0 Å². The molecule has 0 saturated heterocycles. The van der Waals surface area contributed by atoms with Crippen LogP contribution in [0.4, 0.5) is 8.78 Å². The highest BCUT2D eigenvalue weighted by Crippen LogP contribution is 2.27. The molecule has 1 atom stereocenters. The molecule has 0 amide bonds. The molecule has 0 fully saturated rings. The van der Waals surface area contributed by atoms with E-state index in [2.05, 4.69) is 30.7 Å². The Morgan fingerprint density at radius 1 is 1.32 bits per heavy atom. The minimum absolute atomic E-state index is 0.124. The van der Waals surface area contributed by atoms with Gasteiger partial charge in [-0.15, -0.1) is 0 Å². The van der Waals surface area contributed by atoms with Crippen molar-refractivity contribution in [3.8, 4) is 0 Å². The van der Waals surface area contributed by atoms with Crippen LogP contribution in [0.15, 0.2) is 27.8 Å². The van der Waals surface area contributed by atoms with Crippen molar-refractivity contribution in [2.24, 2.45) is 0 Å². The highest BCUT2D eigenvalue weighted by atomic mass is 79.9. The fourth-order valence-corrected chi connectivity index (χ4v) is 4.17. The fourth-order valence-electron chi connectivity index (χ4n) is 2.36. The average Bonchev–Trinajstić information content (AvgIpc) is 2.92. The molecule has 0 aliphatic carbocycles. The monoisotopic (exact) mass is 392 g/mol. The summed E-state index contributed by atoms with van der Waals surface area (Å²) < 4.78 is 55.7. The molecule has 0 radical (unpaired) electrons. The summed E-state index contributed by atoms with van der Waals surface area (Å²) in [5, 5.41) is 3.99. The number of hydrogen-bond acceptors (Lipinski definition) is 4. The van der Waals surface area contributed by atoms with Gasteiger partial charge in [-0.25, -0.2) is 31.6 Å². The number of nitrogens with zero attached hydrogens (tertiary/aromatic N) is 3. The van der Waals surface area contributed by atoms with E-state index in [0.29, 0.717) is 24.9 Å². The van der Waals surface area contributed by atoms with Crippen LogP contribution >= 0.6 is 15.9 Å². The molecule has 3 rings (SSSR count). The van der Waals surface area contributed by atoms with Crippen LogP contribution in [0.3, 0.4) is 0 Å². The third-order valence-corrected chi connectivity index (χ3v) is 5.48. The summed E-state index contributed by atoms with van der Waals surface area (Å²) >= 11 is 2.86. The summed E-state index contributed by atoms with van der Waals surface area (Å²) in [7, 11) is -4.15. The van der Waals surface area contributed by atoms with Gasteiger partial charge in [-0.2, -0.15) is 5.10 Å². The summed E-state index contributed by atoms with van der Waals surface area (Å²) in [6.45, 7) is 0.657. The number of aromatic nitrogens is 3. The van der Waals surface area contributed by atoms with Crippen molar-refractivity contribution in [1.82, 2.24) is 19.5 Å². The van der Waals surface area contributed by atoms with Gasteiger partial charge in [0.15, 0.2) is 0 Å². The number of sulfonamides is 1. The molecule has 10 heteroatoms. The molecule has 118 valence electrons. The van der Waals surface area contributed by atoms with Gasteiger partial charge in [0.1, 0.15) is 28.7 Å². The van der Waals surface area contributed by atoms with Crippen molar-refractivity contribution < 1.29 is 17.2 Å². The Labute approximate surface area is 133 Å². The van der Waals surface area contributed by atoms with Gasteiger partial charge in [0, 0.05) is 12.6 Å². The maximum atomic E-state index is 13.8. The third-order valence-electron chi connectivity index (χ3n) is 3.38. The van der Waals surface area contributed by atoms with Crippen molar-refractivity contribution in [2.75, 3.05) is 0 Å². The summed E-state index contributed by atoms with van der Waals surface area (Å²) in [6.07, 6.45) is 2.60. The second kappa shape index (κ2) is 5.67. The Hall–Kier alpha value is -1.39. The molecular formula is C12H11BrF2N4O2S. The molecule has 0 saturated carbocycles. The molecule has 1 aliphatic rings. The Morgan fingerprint density at radius 3 is 2.86 bits per heavy atom. The number of benzene rings is 1. The van der Waals surface area contributed by atoms with Crippen LogP contribution in [0.5, 0.6) is 0 Å². The highest BCUT2D eigenvalue weighted by molar-refractivity contribution is 9.10. The Bertz CT molecular complexity index is 825. The van der Waals surface area contributed by atoms with Gasteiger partial charge in [-0.1, -0.05) is 0 Å². The quantitative estimate of drug-likeness (QED) is 0.811. The van der Waals surface area contributed by atoms with Gasteiger partial charge in [0.05, 0.1) is 10.5 Å². The lowest BCUT2D eigenvalue weighted by atomic mass is 10.1. The molecular weight excluding hydrogens is 382 g/mol. The third kappa shape index (κ3) is 2.77. The fraction of sp³-hybridized carbons (Fsp3) is 0.333. The summed E-state index contributed by atoms with van der Waals surface area (Å²) in [6, 6.07) is 0.840. The smallest absolute Gasteiger partial charge is 0.244 e. The van der Waals surface area contributed by atoms with Gasteiger partial charge in [-0.3, -0.25) is 0 Å². The van der Waals surface area contributed by atoms with Crippen molar-refractivity contribution in [2.45, 2.75) is 30.3 Å². The molecule has 1 N–H and O–H groups in total. The van der Waals surface area contributed by atoms with Crippen molar-refractivity contribution in [1.29, 1.82) is 0 Å². The first-order chi connectivity index (χ1) is 10.4. The minimum Gasteiger partial charge on any atom is -0.248 e. The number of fused-ring (bicyclic) bond motifs is 1. The van der Waals surface area contributed by atoms with E-state index in [1.54, 1.807) is 4.68 Å². The predicted molar refractivity (Wildman–Crippen MR) is 76.4 cm³/mol. The largest absolute Gasteiger partial charge is 0.248 e. The Kier molecular flexibility index (Phi) is 4.00. The number of hydrogen-bond donors (Lipinski definition) is 1. The Balaban J connectivity index is 1.94. The zero-order chi connectivity index (χ0) is 15.9. The normalized spacial score (nSPS) is 18.2. The molecule has 1 aliphatic heterocycles. The van der Waals surface area contributed by atoms with Gasteiger partial charge >= 0.3 is 0 Å². The second-order valence-corrected chi connectivity index (χ2v) is 7.39. The highest BCUT2D eigenvalue weighted by Gasteiger charge is 2.29. The van der Waals surface area contributed by atoms with Gasteiger partial charge in [-0.05, 0) is 34.8 Å². The maximum Gasteiger partial charge on any atom is 0.244 e. The molecule has 1 aromatic carbocycles. The minimum atomic E-state index is -4.15. The molecule has 6 nitrogen and oxygen atoms in total. The van der Waals surface area contributed by atoms with Crippen molar-refractivity contribution >= 4 is 26.0 Å². The maximum absolute atomic E-state index is 13.8. The molecule has 2 heterocycles. The van der Waals surface area contributed by atoms with Crippen LogP contribution in [0.1, 0.15) is 24.7 Å². The Morgan fingerprint density at radius 2 is 2.09 bits per heavy atom. The summed E-state index contributed by atoms with van der Waals surface area (Å²) in [4.78, 5) is 3.42. The topological polar surface area (TPSA) is 76.9 Å². The second-order valence-electron chi connectivity index (χ2n) is 4.85. The predicted octanol–water partition coefficient (Wildman–Crippen LogP) is 2.13. The molecule has 2 aromatic rings. The van der Waals surface area contributed by atoms with E-state index < -0.39 is 32.6 Å². The van der Waals surface area contributed by atoms with Crippen molar-refractivity contribution in [3.63, 3.8) is 0 Å². The van der Waals surface area contributed by atoms with Gasteiger partial charge in [0.25, 0.3) is 0 Å². The van der Waals surface area contributed by atoms with Crippen LogP contribution in [0.2, 0.25) is 0 Å². The average molecular weight is 393 g/mol. The lowest BCUT2D eigenvalue weighted by Crippen LogP contribution is -2.33. The van der Waals surface area contributed by atoms with E-state index in [1.165, 1.54) is 6.33 Å². The van der Waals surface area contributed by atoms with Crippen LogP contribution in [0, 0.1) is 11.6 Å². The number of nitrogens with one attached hydrogen (secondary N) is 1. The molecule has 1 aromatic heterocycles.